The summed E-state index contributed by atoms with van der Waals surface area (Å²) in [5, 5.41) is 17.2. The lowest BCUT2D eigenvalue weighted by molar-refractivity contribution is 0.250. The first-order valence-electron chi connectivity index (χ1n) is 2.25. The van der Waals surface area contributed by atoms with Crippen LogP contribution in [0.15, 0.2) is 0 Å². The number of aliphatic hydroxyl groups is 2. The molecule has 3 heteroatoms. The minimum Gasteiger partial charge on any atom is -0.389 e. The molecule has 0 aliphatic heterocycles. The van der Waals surface area contributed by atoms with Gasteiger partial charge < -0.3 is 10.2 Å². The Labute approximate surface area is 45.3 Å². The molecule has 7 heavy (non-hydrogen) atoms. The van der Waals surface area contributed by atoms with E-state index in [1.54, 1.807) is 13.8 Å². The summed E-state index contributed by atoms with van der Waals surface area (Å²) in [6.45, 7) is 3.34. The maximum atomic E-state index is 8.58. The number of rotatable bonds is 2. The van der Waals surface area contributed by atoms with E-state index in [0.717, 1.165) is 0 Å². The molecule has 44 valence electrons. The summed E-state index contributed by atoms with van der Waals surface area (Å²) in [6, 6.07) is 0. The first kappa shape index (κ1) is 7.35. The van der Waals surface area contributed by atoms with Crippen LogP contribution >= 0.6 is 8.58 Å². The molecule has 0 amide bonds. The van der Waals surface area contributed by atoms with Crippen LogP contribution in [0.4, 0.5) is 0 Å². The molecule has 2 unspecified atom stereocenters. The normalized spacial score (nSPS) is 20.6. The lowest BCUT2D eigenvalue weighted by atomic mass is 10.9. The van der Waals surface area contributed by atoms with Gasteiger partial charge in [-0.3, -0.25) is 0 Å². The van der Waals surface area contributed by atoms with E-state index < -0.39 is 0 Å². The Morgan fingerprint density at radius 1 is 1.14 bits per heavy atom. The zero-order valence-electron chi connectivity index (χ0n) is 4.55. The monoisotopic (exact) mass is 122 g/mol. The van der Waals surface area contributed by atoms with Crippen LogP contribution in [0.3, 0.4) is 0 Å². The second kappa shape index (κ2) is 3.36. The van der Waals surface area contributed by atoms with E-state index in [2.05, 4.69) is 0 Å². The molecular formula is C4H11O2P. The number of hydrogen-bond acceptors (Lipinski definition) is 2. The SMILES string of the molecule is CC(O)PC(C)O. The van der Waals surface area contributed by atoms with Gasteiger partial charge in [-0.15, -0.1) is 0 Å². The smallest absolute Gasteiger partial charge is 0.0699 e. The molecule has 2 N–H and O–H groups in total. The van der Waals surface area contributed by atoms with Gasteiger partial charge in [0.1, 0.15) is 0 Å². The topological polar surface area (TPSA) is 40.5 Å². The van der Waals surface area contributed by atoms with Gasteiger partial charge in [-0.25, -0.2) is 0 Å². The van der Waals surface area contributed by atoms with Gasteiger partial charge >= 0.3 is 0 Å². The van der Waals surface area contributed by atoms with Crippen molar-refractivity contribution < 1.29 is 10.2 Å². The Hall–Kier alpha value is 0.350. The lowest BCUT2D eigenvalue weighted by Crippen LogP contribution is -1.97. The average molecular weight is 122 g/mol. The maximum Gasteiger partial charge on any atom is 0.0699 e. The zero-order valence-corrected chi connectivity index (χ0v) is 5.55. The van der Waals surface area contributed by atoms with Crippen molar-refractivity contribution in [3.8, 4) is 0 Å². The molecule has 0 heterocycles. The van der Waals surface area contributed by atoms with Crippen LogP contribution in [0.1, 0.15) is 13.8 Å². The van der Waals surface area contributed by atoms with Crippen molar-refractivity contribution in [1.29, 1.82) is 0 Å². The molecule has 0 bridgehead atoms. The zero-order chi connectivity index (χ0) is 5.86. The molecular weight excluding hydrogens is 111 g/mol. The first-order chi connectivity index (χ1) is 3.13. The van der Waals surface area contributed by atoms with E-state index in [1.165, 1.54) is 0 Å². The van der Waals surface area contributed by atoms with E-state index in [0.29, 0.717) is 0 Å². The molecule has 2 nitrogen and oxygen atoms in total. The van der Waals surface area contributed by atoms with Crippen molar-refractivity contribution >= 4 is 8.58 Å². The standard InChI is InChI=1S/C4H11O2P/c1-3(5)7-4(2)6/h3-7H,1-2H3. The molecule has 0 radical (unpaired) electrons. The van der Waals surface area contributed by atoms with Gasteiger partial charge in [0.15, 0.2) is 0 Å². The Bertz CT molecular complexity index is 39.0. The summed E-state index contributed by atoms with van der Waals surface area (Å²) in [5.41, 5.74) is 0. The van der Waals surface area contributed by atoms with E-state index in [4.69, 9.17) is 10.2 Å². The van der Waals surface area contributed by atoms with Crippen LogP contribution < -0.4 is 0 Å². The molecule has 0 aliphatic rings. The van der Waals surface area contributed by atoms with Crippen molar-refractivity contribution in [2.45, 2.75) is 25.5 Å². The van der Waals surface area contributed by atoms with Crippen molar-refractivity contribution in [1.82, 2.24) is 0 Å². The summed E-state index contributed by atoms with van der Waals surface area (Å²) in [5.74, 6) is -0.694. The third kappa shape index (κ3) is 6.35. The minimum absolute atomic E-state index is 0.256. The third-order valence-corrected chi connectivity index (χ3v) is 1.45. The Morgan fingerprint density at radius 2 is 1.43 bits per heavy atom. The Kier molecular flexibility index (Phi) is 3.53. The summed E-state index contributed by atoms with van der Waals surface area (Å²) in [4.78, 5) is 0. The van der Waals surface area contributed by atoms with E-state index in [1.807, 2.05) is 0 Å². The fraction of sp³-hybridized carbons (Fsp3) is 1.00. The molecule has 0 spiro atoms. The summed E-state index contributed by atoms with van der Waals surface area (Å²) in [7, 11) is 0.256. The second-order valence-electron chi connectivity index (χ2n) is 1.52. The highest BCUT2D eigenvalue weighted by Crippen LogP contribution is 2.19. The molecule has 0 aromatic heterocycles. The Balaban J connectivity index is 2.95. The summed E-state index contributed by atoms with van der Waals surface area (Å²) >= 11 is 0. The highest BCUT2D eigenvalue weighted by atomic mass is 31.1. The van der Waals surface area contributed by atoms with Crippen molar-refractivity contribution in [3.05, 3.63) is 0 Å². The molecule has 0 saturated heterocycles. The molecule has 0 aromatic carbocycles. The van der Waals surface area contributed by atoms with E-state index in [9.17, 15) is 0 Å². The Morgan fingerprint density at radius 3 is 1.43 bits per heavy atom. The van der Waals surface area contributed by atoms with Gasteiger partial charge in [0.2, 0.25) is 0 Å². The van der Waals surface area contributed by atoms with Gasteiger partial charge in [-0.2, -0.15) is 0 Å². The second-order valence-corrected chi connectivity index (χ2v) is 3.52. The fourth-order valence-electron chi connectivity index (χ4n) is 0.349. The van der Waals surface area contributed by atoms with Crippen molar-refractivity contribution in [3.63, 3.8) is 0 Å². The van der Waals surface area contributed by atoms with Crippen LogP contribution in [-0.4, -0.2) is 21.9 Å². The van der Waals surface area contributed by atoms with Crippen molar-refractivity contribution in [2.75, 3.05) is 0 Å². The largest absolute Gasteiger partial charge is 0.389 e. The average Bonchev–Trinajstić information content (AvgIpc) is 1.27. The molecule has 0 aliphatic carbocycles. The number of aliphatic hydroxyl groups excluding tert-OH is 2. The quantitative estimate of drug-likeness (QED) is 0.518. The van der Waals surface area contributed by atoms with E-state index >= 15 is 0 Å². The molecule has 0 aromatic rings. The summed E-state index contributed by atoms with van der Waals surface area (Å²) < 4.78 is 0. The van der Waals surface area contributed by atoms with Gasteiger partial charge in [-0.1, -0.05) is 8.58 Å². The van der Waals surface area contributed by atoms with Gasteiger partial charge in [0, 0.05) is 0 Å². The van der Waals surface area contributed by atoms with Crippen LogP contribution in [0.5, 0.6) is 0 Å². The maximum absolute atomic E-state index is 8.58. The fourth-order valence-corrected chi connectivity index (χ4v) is 1.05. The van der Waals surface area contributed by atoms with E-state index in [-0.39, 0.29) is 20.3 Å². The van der Waals surface area contributed by atoms with Crippen LogP contribution in [0.2, 0.25) is 0 Å². The lowest BCUT2D eigenvalue weighted by Gasteiger charge is -2.04. The third-order valence-electron chi connectivity index (χ3n) is 0.482. The van der Waals surface area contributed by atoms with Gasteiger partial charge in [0.25, 0.3) is 0 Å². The minimum atomic E-state index is -0.347. The van der Waals surface area contributed by atoms with Crippen LogP contribution in [0.25, 0.3) is 0 Å². The predicted molar refractivity (Wildman–Crippen MR) is 31.7 cm³/mol. The summed E-state index contributed by atoms with van der Waals surface area (Å²) in [6.07, 6.45) is 0. The predicted octanol–water partition coefficient (Wildman–Crippen LogP) is 0.341. The molecule has 0 saturated carbocycles. The highest BCUT2D eigenvalue weighted by Gasteiger charge is 1.98. The molecule has 0 rings (SSSR count). The van der Waals surface area contributed by atoms with Crippen LogP contribution in [-0.2, 0) is 0 Å². The van der Waals surface area contributed by atoms with Crippen LogP contribution in [0, 0.1) is 0 Å². The highest BCUT2D eigenvalue weighted by molar-refractivity contribution is 7.39. The van der Waals surface area contributed by atoms with Crippen molar-refractivity contribution in [2.24, 2.45) is 0 Å². The number of hydrogen-bond donors (Lipinski definition) is 2. The molecule has 0 fully saturated rings. The first-order valence-corrected chi connectivity index (χ1v) is 3.40. The molecule has 2 atom stereocenters. The van der Waals surface area contributed by atoms with Gasteiger partial charge in [0.05, 0.1) is 11.7 Å². The van der Waals surface area contributed by atoms with Gasteiger partial charge in [-0.05, 0) is 13.8 Å².